The molecule has 0 bridgehead atoms. The zero-order valence-electron chi connectivity index (χ0n) is 9.80. The van der Waals surface area contributed by atoms with Crippen molar-refractivity contribution in [2.24, 2.45) is 0 Å². The summed E-state index contributed by atoms with van der Waals surface area (Å²) in [6, 6.07) is 0. The highest BCUT2D eigenvalue weighted by molar-refractivity contribution is 5.76. The molecular weight excluding hydrogens is 222 g/mol. The van der Waals surface area contributed by atoms with Gasteiger partial charge in [0.15, 0.2) is 5.65 Å². The smallest absolute Gasteiger partial charge is 0.245 e. The summed E-state index contributed by atoms with van der Waals surface area (Å²) in [6.45, 7) is 4.92. The summed E-state index contributed by atoms with van der Waals surface area (Å²) >= 11 is 0. The molecule has 0 saturated carbocycles. The van der Waals surface area contributed by atoms with Gasteiger partial charge in [-0.05, 0) is 13.8 Å². The number of nitrogens with one attached hydrogen (secondary N) is 1. The second kappa shape index (κ2) is 4.96. The summed E-state index contributed by atoms with van der Waals surface area (Å²) < 4.78 is 10.9. The first kappa shape index (κ1) is 11.6. The molecule has 1 atom stereocenters. The number of anilines is 1. The van der Waals surface area contributed by atoms with Gasteiger partial charge in [-0.3, -0.25) is 0 Å². The maximum absolute atomic E-state index is 5.56. The fourth-order valence-corrected chi connectivity index (χ4v) is 1.46. The van der Waals surface area contributed by atoms with Crippen molar-refractivity contribution in [2.75, 3.05) is 18.9 Å². The molecule has 3 N–H and O–H groups in total. The number of aromatic amines is 1. The van der Waals surface area contributed by atoms with Crippen LogP contribution in [0.25, 0.3) is 11.2 Å². The Kier molecular flexibility index (Phi) is 3.38. The number of rotatable bonds is 5. The summed E-state index contributed by atoms with van der Waals surface area (Å²) in [5, 5.41) is 0. The van der Waals surface area contributed by atoms with Gasteiger partial charge in [-0.2, -0.15) is 9.97 Å². The summed E-state index contributed by atoms with van der Waals surface area (Å²) in [7, 11) is 0. The van der Waals surface area contributed by atoms with E-state index in [9.17, 15) is 0 Å². The van der Waals surface area contributed by atoms with Gasteiger partial charge in [-0.25, -0.2) is 4.98 Å². The van der Waals surface area contributed by atoms with Gasteiger partial charge in [0, 0.05) is 6.61 Å². The van der Waals surface area contributed by atoms with E-state index in [0.29, 0.717) is 30.3 Å². The Morgan fingerprint density at radius 3 is 3.06 bits per heavy atom. The quantitative estimate of drug-likeness (QED) is 0.795. The van der Waals surface area contributed by atoms with Crippen molar-refractivity contribution in [3.63, 3.8) is 0 Å². The monoisotopic (exact) mass is 237 g/mol. The normalized spacial score (nSPS) is 12.8. The molecule has 0 radical (unpaired) electrons. The van der Waals surface area contributed by atoms with Gasteiger partial charge < -0.3 is 20.2 Å². The number of nitrogens with two attached hydrogens (primary N) is 1. The zero-order valence-corrected chi connectivity index (χ0v) is 9.80. The third kappa shape index (κ3) is 2.62. The van der Waals surface area contributed by atoms with Crippen LogP contribution < -0.4 is 10.5 Å². The molecule has 0 fully saturated rings. The number of fused-ring (bicyclic) bond motifs is 1. The molecule has 92 valence electrons. The molecule has 7 heteroatoms. The highest BCUT2D eigenvalue weighted by atomic mass is 16.5. The van der Waals surface area contributed by atoms with Gasteiger partial charge in [-0.1, -0.05) is 0 Å². The molecule has 0 saturated heterocycles. The van der Waals surface area contributed by atoms with Crippen LogP contribution in [0.2, 0.25) is 0 Å². The molecule has 0 aliphatic carbocycles. The molecule has 2 aromatic rings. The molecule has 0 aliphatic rings. The number of aromatic nitrogens is 4. The number of ether oxygens (including phenoxy) is 2. The molecule has 17 heavy (non-hydrogen) atoms. The summed E-state index contributed by atoms with van der Waals surface area (Å²) in [4.78, 5) is 14.9. The van der Waals surface area contributed by atoms with Crippen LogP contribution in [0.1, 0.15) is 13.8 Å². The Balaban J connectivity index is 2.14. The Labute approximate surface area is 98.4 Å². The van der Waals surface area contributed by atoms with E-state index in [4.69, 9.17) is 15.2 Å². The first-order chi connectivity index (χ1) is 8.20. The van der Waals surface area contributed by atoms with E-state index in [0.717, 1.165) is 0 Å². The van der Waals surface area contributed by atoms with E-state index in [1.165, 1.54) is 6.33 Å². The highest BCUT2D eigenvalue weighted by Gasteiger charge is 2.11. The predicted molar refractivity (Wildman–Crippen MR) is 62.7 cm³/mol. The van der Waals surface area contributed by atoms with Crippen LogP contribution in [0, 0.1) is 0 Å². The van der Waals surface area contributed by atoms with E-state index in [1.807, 2.05) is 13.8 Å². The van der Waals surface area contributed by atoms with Crippen LogP contribution in [0.4, 0.5) is 5.95 Å². The molecule has 2 aromatic heterocycles. The van der Waals surface area contributed by atoms with E-state index in [1.54, 1.807) is 0 Å². The zero-order chi connectivity index (χ0) is 12.3. The van der Waals surface area contributed by atoms with Crippen LogP contribution in [0.3, 0.4) is 0 Å². The maximum Gasteiger partial charge on any atom is 0.245 e. The molecule has 0 spiro atoms. The van der Waals surface area contributed by atoms with Crippen LogP contribution in [-0.4, -0.2) is 39.3 Å². The fraction of sp³-hybridized carbons (Fsp3) is 0.500. The van der Waals surface area contributed by atoms with Crippen LogP contribution in [0.15, 0.2) is 6.33 Å². The first-order valence-corrected chi connectivity index (χ1v) is 5.41. The van der Waals surface area contributed by atoms with Crippen LogP contribution in [-0.2, 0) is 4.74 Å². The SMILES string of the molecule is CCOC(C)COc1nc(N)nc2nc[nH]c12. The Morgan fingerprint density at radius 1 is 1.47 bits per heavy atom. The second-order valence-electron chi connectivity index (χ2n) is 3.57. The number of imidazole rings is 1. The van der Waals surface area contributed by atoms with E-state index in [-0.39, 0.29) is 12.1 Å². The van der Waals surface area contributed by atoms with Crippen LogP contribution in [0.5, 0.6) is 5.88 Å². The van der Waals surface area contributed by atoms with Gasteiger partial charge in [-0.15, -0.1) is 0 Å². The van der Waals surface area contributed by atoms with Gasteiger partial charge in [0.1, 0.15) is 12.1 Å². The molecule has 7 nitrogen and oxygen atoms in total. The lowest BCUT2D eigenvalue weighted by molar-refractivity contribution is 0.0394. The first-order valence-electron chi connectivity index (χ1n) is 5.41. The predicted octanol–water partition coefficient (Wildman–Crippen LogP) is 0.739. The van der Waals surface area contributed by atoms with E-state index >= 15 is 0 Å². The number of hydrogen-bond acceptors (Lipinski definition) is 6. The third-order valence-electron chi connectivity index (χ3n) is 2.18. The molecular formula is C10H15N5O2. The summed E-state index contributed by atoms with van der Waals surface area (Å²) in [5.74, 6) is 0.542. The lowest BCUT2D eigenvalue weighted by Crippen LogP contribution is -2.18. The van der Waals surface area contributed by atoms with Gasteiger partial charge >= 0.3 is 0 Å². The van der Waals surface area contributed by atoms with Crippen molar-refractivity contribution in [1.82, 2.24) is 19.9 Å². The number of nitrogen functional groups attached to an aromatic ring is 1. The van der Waals surface area contributed by atoms with Crippen molar-refractivity contribution >= 4 is 17.1 Å². The highest BCUT2D eigenvalue weighted by Crippen LogP contribution is 2.19. The molecule has 0 aromatic carbocycles. The van der Waals surface area contributed by atoms with Crippen molar-refractivity contribution < 1.29 is 9.47 Å². The minimum absolute atomic E-state index is 0.00541. The molecule has 2 rings (SSSR count). The van der Waals surface area contributed by atoms with Gasteiger partial charge in [0.2, 0.25) is 11.8 Å². The van der Waals surface area contributed by atoms with E-state index < -0.39 is 0 Å². The third-order valence-corrected chi connectivity index (χ3v) is 2.18. The molecule has 0 aliphatic heterocycles. The fourth-order valence-electron chi connectivity index (χ4n) is 1.46. The Hall–Kier alpha value is -1.89. The standard InChI is InChI=1S/C10H15N5O2/c1-3-16-6(2)4-17-9-7-8(13-5-12-7)14-10(11)15-9/h5-6H,3-4H2,1-2H3,(H3,11,12,13,14,15). The molecule has 2 heterocycles. The average Bonchev–Trinajstić information content (AvgIpc) is 2.74. The van der Waals surface area contributed by atoms with E-state index in [2.05, 4.69) is 19.9 Å². The van der Waals surface area contributed by atoms with Crippen molar-refractivity contribution in [3.05, 3.63) is 6.33 Å². The summed E-state index contributed by atoms with van der Waals surface area (Å²) in [5.41, 5.74) is 6.70. The minimum Gasteiger partial charge on any atom is -0.473 e. The van der Waals surface area contributed by atoms with Crippen molar-refractivity contribution in [3.8, 4) is 5.88 Å². The molecule has 0 amide bonds. The topological polar surface area (TPSA) is 98.9 Å². The van der Waals surface area contributed by atoms with Crippen molar-refractivity contribution in [2.45, 2.75) is 20.0 Å². The largest absolute Gasteiger partial charge is 0.473 e. The van der Waals surface area contributed by atoms with Gasteiger partial charge in [0.05, 0.1) is 12.4 Å². The minimum atomic E-state index is -0.00541. The van der Waals surface area contributed by atoms with Crippen molar-refractivity contribution in [1.29, 1.82) is 0 Å². The Morgan fingerprint density at radius 2 is 2.29 bits per heavy atom. The number of nitrogens with zero attached hydrogens (tertiary/aromatic N) is 3. The number of H-pyrrole nitrogens is 1. The number of hydrogen-bond donors (Lipinski definition) is 2. The average molecular weight is 237 g/mol. The van der Waals surface area contributed by atoms with Gasteiger partial charge in [0.25, 0.3) is 0 Å². The lowest BCUT2D eigenvalue weighted by atomic mass is 10.4. The second-order valence-corrected chi connectivity index (χ2v) is 3.57. The maximum atomic E-state index is 5.56. The Bertz CT molecular complexity index is 498. The molecule has 1 unspecified atom stereocenters. The van der Waals surface area contributed by atoms with Crippen LogP contribution >= 0.6 is 0 Å². The summed E-state index contributed by atoms with van der Waals surface area (Å²) in [6.07, 6.45) is 1.52. The lowest BCUT2D eigenvalue weighted by Gasteiger charge is -2.12.